The maximum absolute atomic E-state index is 12.9. The molecule has 0 aliphatic carbocycles. The van der Waals surface area contributed by atoms with Crippen LogP contribution in [0.15, 0.2) is 12.1 Å². The number of methoxy groups -OCH3 is 1. The fourth-order valence-electron chi connectivity index (χ4n) is 3.40. The topological polar surface area (TPSA) is 78.3 Å². The lowest BCUT2D eigenvalue weighted by atomic mass is 9.99. The van der Waals surface area contributed by atoms with Gasteiger partial charge in [-0.1, -0.05) is 6.07 Å². The van der Waals surface area contributed by atoms with Crippen LogP contribution in [-0.2, 0) is 24.2 Å². The van der Waals surface area contributed by atoms with E-state index in [2.05, 4.69) is 15.4 Å². The predicted octanol–water partition coefficient (Wildman–Crippen LogP) is 2.57. The zero-order valence-electron chi connectivity index (χ0n) is 16.0. The number of carbonyl (C=O) groups excluding carboxylic acids is 1. The van der Waals surface area contributed by atoms with Crippen LogP contribution in [0.25, 0.3) is 0 Å². The molecule has 26 heavy (non-hydrogen) atoms. The zero-order chi connectivity index (χ0) is 18.8. The number of nitrogens with zero attached hydrogens (tertiary/aromatic N) is 3. The van der Waals surface area contributed by atoms with Crippen molar-refractivity contribution in [1.82, 2.24) is 20.1 Å². The second-order valence-electron chi connectivity index (χ2n) is 6.60. The van der Waals surface area contributed by atoms with E-state index >= 15 is 0 Å². The maximum atomic E-state index is 12.9. The molecule has 2 aromatic rings. The van der Waals surface area contributed by atoms with E-state index in [1.54, 1.807) is 17.9 Å². The molecular weight excluding hydrogens is 332 g/mol. The summed E-state index contributed by atoms with van der Waals surface area (Å²) >= 11 is 0. The van der Waals surface area contributed by atoms with Gasteiger partial charge in [-0.2, -0.15) is 5.10 Å². The Kier molecular flexibility index (Phi) is 5.27. The molecule has 2 atom stereocenters. The molecule has 140 valence electrons. The Morgan fingerprint density at radius 1 is 1.42 bits per heavy atom. The summed E-state index contributed by atoms with van der Waals surface area (Å²) in [6.07, 6.45) is 0.679. The number of rotatable bonds is 5. The van der Waals surface area contributed by atoms with E-state index in [0.717, 1.165) is 22.5 Å². The lowest BCUT2D eigenvalue weighted by molar-refractivity contribution is -0.00712. The van der Waals surface area contributed by atoms with E-state index in [1.807, 2.05) is 33.8 Å². The van der Waals surface area contributed by atoms with Crippen LogP contribution in [0.3, 0.4) is 0 Å². The van der Waals surface area contributed by atoms with Crippen LogP contribution in [-0.4, -0.2) is 33.9 Å². The molecule has 2 aromatic heterocycles. The first-order valence-electron chi connectivity index (χ1n) is 8.98. The van der Waals surface area contributed by atoms with E-state index in [4.69, 9.17) is 9.47 Å². The van der Waals surface area contributed by atoms with Gasteiger partial charge in [0.2, 0.25) is 5.88 Å². The van der Waals surface area contributed by atoms with E-state index in [1.165, 1.54) is 0 Å². The van der Waals surface area contributed by atoms with Crippen LogP contribution < -0.4 is 10.1 Å². The van der Waals surface area contributed by atoms with Crippen molar-refractivity contribution in [2.75, 3.05) is 7.11 Å². The lowest BCUT2D eigenvalue weighted by Gasteiger charge is -2.24. The molecule has 0 saturated heterocycles. The van der Waals surface area contributed by atoms with Crippen LogP contribution in [0.4, 0.5) is 0 Å². The molecule has 0 spiro atoms. The molecule has 0 radical (unpaired) electrons. The third kappa shape index (κ3) is 3.44. The number of amides is 1. The maximum Gasteiger partial charge on any atom is 0.270 e. The van der Waals surface area contributed by atoms with Gasteiger partial charge >= 0.3 is 0 Å². The minimum atomic E-state index is -0.114. The van der Waals surface area contributed by atoms with Gasteiger partial charge in [0.1, 0.15) is 5.69 Å². The normalized spacial score (nSPS) is 19.1. The summed E-state index contributed by atoms with van der Waals surface area (Å²) in [5.74, 6) is 0.454. The Hall–Kier alpha value is -2.41. The molecule has 0 saturated carbocycles. The number of nitrogens with one attached hydrogen (secondary N) is 1. The minimum absolute atomic E-state index is 0.0755. The van der Waals surface area contributed by atoms with Gasteiger partial charge in [-0.05, 0) is 33.3 Å². The van der Waals surface area contributed by atoms with Gasteiger partial charge in [-0.15, -0.1) is 0 Å². The second kappa shape index (κ2) is 7.45. The standard InChI is InChI=1S/C19H26N4O3/c1-6-23-18(15-9-11(2)26-13(4)17(15)22-23)19(24)20-10-14-7-8-16(25-5)21-12(14)3/h7-8,11,13H,6,9-10H2,1-5H3,(H,20,24)/t11-,13+/m0/s1. The van der Waals surface area contributed by atoms with Gasteiger partial charge in [0.05, 0.1) is 25.0 Å². The van der Waals surface area contributed by atoms with Crippen LogP contribution in [0.2, 0.25) is 0 Å². The highest BCUT2D eigenvalue weighted by atomic mass is 16.5. The van der Waals surface area contributed by atoms with E-state index in [-0.39, 0.29) is 18.1 Å². The summed E-state index contributed by atoms with van der Waals surface area (Å²) in [6.45, 7) is 8.95. The molecule has 1 aliphatic rings. The molecule has 0 fully saturated rings. The highest BCUT2D eigenvalue weighted by Gasteiger charge is 2.31. The van der Waals surface area contributed by atoms with Gasteiger partial charge in [-0.3, -0.25) is 9.48 Å². The van der Waals surface area contributed by atoms with E-state index in [9.17, 15) is 4.79 Å². The first-order valence-corrected chi connectivity index (χ1v) is 8.98. The van der Waals surface area contributed by atoms with Crippen molar-refractivity contribution in [3.05, 3.63) is 40.3 Å². The molecule has 7 nitrogen and oxygen atoms in total. The number of aryl methyl sites for hydroxylation is 2. The zero-order valence-corrected chi connectivity index (χ0v) is 16.0. The highest BCUT2D eigenvalue weighted by molar-refractivity contribution is 5.94. The third-order valence-electron chi connectivity index (χ3n) is 4.73. The van der Waals surface area contributed by atoms with E-state index < -0.39 is 0 Å². The lowest BCUT2D eigenvalue weighted by Crippen LogP contribution is -2.29. The number of carbonyl (C=O) groups is 1. The number of fused-ring (bicyclic) bond motifs is 1. The summed E-state index contributed by atoms with van der Waals surface area (Å²) in [4.78, 5) is 17.3. The largest absolute Gasteiger partial charge is 0.481 e. The van der Waals surface area contributed by atoms with Gasteiger partial charge in [0.25, 0.3) is 5.91 Å². The Morgan fingerprint density at radius 3 is 2.85 bits per heavy atom. The number of hydrogen-bond acceptors (Lipinski definition) is 5. The third-order valence-corrected chi connectivity index (χ3v) is 4.73. The van der Waals surface area contributed by atoms with Crippen LogP contribution >= 0.6 is 0 Å². The number of hydrogen-bond donors (Lipinski definition) is 1. The van der Waals surface area contributed by atoms with Crippen molar-refractivity contribution in [1.29, 1.82) is 0 Å². The Bertz CT molecular complexity index is 815. The van der Waals surface area contributed by atoms with Crippen molar-refractivity contribution in [2.45, 2.75) is 59.4 Å². The Balaban J connectivity index is 1.82. The van der Waals surface area contributed by atoms with Crippen molar-refractivity contribution < 1.29 is 14.3 Å². The predicted molar refractivity (Wildman–Crippen MR) is 97.3 cm³/mol. The molecule has 0 unspecified atom stereocenters. The van der Waals surface area contributed by atoms with Crippen molar-refractivity contribution >= 4 is 5.91 Å². The van der Waals surface area contributed by atoms with Gasteiger partial charge < -0.3 is 14.8 Å². The quantitative estimate of drug-likeness (QED) is 0.889. The Labute approximate surface area is 153 Å². The molecule has 1 aliphatic heterocycles. The molecule has 1 amide bonds. The summed E-state index contributed by atoms with van der Waals surface area (Å²) < 4.78 is 12.7. The smallest absolute Gasteiger partial charge is 0.270 e. The molecule has 3 rings (SSSR count). The molecule has 3 heterocycles. The fraction of sp³-hybridized carbons (Fsp3) is 0.526. The number of ether oxygens (including phenoxy) is 2. The molecule has 0 bridgehead atoms. The number of aromatic nitrogens is 3. The minimum Gasteiger partial charge on any atom is -0.481 e. The van der Waals surface area contributed by atoms with Crippen LogP contribution in [0, 0.1) is 6.92 Å². The Morgan fingerprint density at radius 2 is 2.19 bits per heavy atom. The van der Waals surface area contributed by atoms with Crippen molar-refractivity contribution in [2.24, 2.45) is 0 Å². The fourth-order valence-corrected chi connectivity index (χ4v) is 3.40. The number of pyridine rings is 1. The van der Waals surface area contributed by atoms with Crippen LogP contribution in [0.5, 0.6) is 5.88 Å². The van der Waals surface area contributed by atoms with Crippen LogP contribution in [0.1, 0.15) is 59.9 Å². The van der Waals surface area contributed by atoms with Crippen molar-refractivity contribution in [3.63, 3.8) is 0 Å². The highest BCUT2D eigenvalue weighted by Crippen LogP contribution is 2.31. The summed E-state index contributed by atoms with van der Waals surface area (Å²) in [5, 5.41) is 7.62. The second-order valence-corrected chi connectivity index (χ2v) is 6.60. The summed E-state index contributed by atoms with van der Waals surface area (Å²) in [5.41, 5.74) is 4.31. The van der Waals surface area contributed by atoms with Gasteiger partial charge in [-0.25, -0.2) is 4.98 Å². The molecule has 1 N–H and O–H groups in total. The van der Waals surface area contributed by atoms with Crippen molar-refractivity contribution in [3.8, 4) is 5.88 Å². The first-order chi connectivity index (χ1) is 12.4. The molecule has 7 heteroatoms. The summed E-state index contributed by atoms with van der Waals surface area (Å²) in [6, 6.07) is 3.72. The SMILES string of the molecule is CCn1nc2c(c1C(=O)NCc1ccc(OC)nc1C)C[C@H](C)O[C@@H]2C. The average molecular weight is 358 g/mol. The molecular formula is C19H26N4O3. The average Bonchev–Trinajstić information content (AvgIpc) is 2.99. The van der Waals surface area contributed by atoms with E-state index in [0.29, 0.717) is 31.1 Å². The summed E-state index contributed by atoms with van der Waals surface area (Å²) in [7, 11) is 1.59. The monoisotopic (exact) mass is 358 g/mol. The van der Waals surface area contributed by atoms with Gasteiger partial charge in [0.15, 0.2) is 0 Å². The van der Waals surface area contributed by atoms with Gasteiger partial charge in [0, 0.05) is 36.8 Å². The first kappa shape index (κ1) is 18.4. The molecule has 0 aromatic carbocycles.